The van der Waals surface area contributed by atoms with Crippen molar-refractivity contribution in [1.29, 1.82) is 5.26 Å². The number of amides is 1. The first-order valence-corrected chi connectivity index (χ1v) is 14.8. The zero-order valence-corrected chi connectivity index (χ0v) is 25.7. The number of rotatable bonds is 13. The Morgan fingerprint density at radius 2 is 1.91 bits per heavy atom. The van der Waals surface area contributed by atoms with Crippen LogP contribution in [0.15, 0.2) is 60.8 Å². The van der Waals surface area contributed by atoms with Crippen molar-refractivity contribution in [2.24, 2.45) is 0 Å². The summed E-state index contributed by atoms with van der Waals surface area (Å²) in [5.41, 5.74) is 2.74. The average Bonchev–Trinajstić information content (AvgIpc) is 3.06. The molecule has 1 saturated heterocycles. The lowest BCUT2D eigenvalue weighted by Crippen LogP contribution is -2.48. The van der Waals surface area contributed by atoms with Crippen molar-refractivity contribution in [3.05, 3.63) is 88.9 Å². The topological polar surface area (TPSA) is 128 Å². The van der Waals surface area contributed by atoms with Crippen molar-refractivity contribution >= 4 is 23.6 Å². The van der Waals surface area contributed by atoms with Crippen LogP contribution in [0.3, 0.4) is 0 Å². The number of pyridine rings is 1. The molecule has 10 nitrogen and oxygen atoms in total. The van der Waals surface area contributed by atoms with E-state index in [1.165, 1.54) is 38.6 Å². The van der Waals surface area contributed by atoms with Crippen molar-refractivity contribution < 1.29 is 28.6 Å². The minimum absolute atomic E-state index is 0.115. The van der Waals surface area contributed by atoms with Crippen LogP contribution in [0.25, 0.3) is 6.08 Å². The van der Waals surface area contributed by atoms with Crippen LogP contribution in [0.5, 0.6) is 11.6 Å². The molecule has 1 aliphatic heterocycles. The fourth-order valence-corrected chi connectivity index (χ4v) is 5.59. The van der Waals surface area contributed by atoms with Crippen molar-refractivity contribution in [3.63, 3.8) is 0 Å². The van der Waals surface area contributed by atoms with Gasteiger partial charge in [0.05, 0.1) is 25.9 Å². The molecule has 0 aliphatic carbocycles. The highest BCUT2D eigenvalue weighted by atomic mass is 19.1. The van der Waals surface area contributed by atoms with Gasteiger partial charge in [0, 0.05) is 61.8 Å². The minimum atomic E-state index is -1.02. The molecule has 2 aromatic carbocycles. The second-order valence-corrected chi connectivity index (χ2v) is 10.9. The first kappa shape index (κ1) is 33.0. The first-order chi connectivity index (χ1) is 21.7. The Balaban J connectivity index is 1.41. The molecule has 1 atom stereocenters. The number of nitriles is 1. The largest absolute Gasteiger partial charge is 0.496 e. The van der Waals surface area contributed by atoms with Gasteiger partial charge < -0.3 is 29.7 Å². The van der Waals surface area contributed by atoms with Crippen molar-refractivity contribution in [3.8, 4) is 17.7 Å². The zero-order valence-electron chi connectivity index (χ0n) is 25.7. The Hall–Kier alpha value is -4.95. The van der Waals surface area contributed by atoms with E-state index in [1.54, 1.807) is 12.1 Å². The van der Waals surface area contributed by atoms with E-state index >= 15 is 0 Å². The summed E-state index contributed by atoms with van der Waals surface area (Å²) in [5.74, 6) is -1.10. The number of likely N-dealkylation sites (tertiary alicyclic amines) is 1. The van der Waals surface area contributed by atoms with Crippen molar-refractivity contribution in [1.82, 2.24) is 15.2 Å². The molecule has 3 aromatic rings. The van der Waals surface area contributed by atoms with Gasteiger partial charge in [0.1, 0.15) is 17.1 Å². The molecule has 11 heteroatoms. The molecule has 1 aliphatic rings. The number of aliphatic carboxylic acids is 1. The predicted molar refractivity (Wildman–Crippen MR) is 169 cm³/mol. The highest BCUT2D eigenvalue weighted by Gasteiger charge is 2.28. The van der Waals surface area contributed by atoms with Gasteiger partial charge in [-0.25, -0.2) is 14.2 Å². The molecule has 0 radical (unpaired) electrons. The molecule has 2 heterocycles. The SMILES string of the molecule is COc1ccnc(OC)c1C(=O)NCCC(C)N1CCC(N(Cc2cc(C#N)ccc2F)c2ccc(/C=C/C(=O)O)cc2)CC1. The van der Waals surface area contributed by atoms with Gasteiger partial charge in [-0.3, -0.25) is 4.79 Å². The van der Waals surface area contributed by atoms with E-state index in [2.05, 4.69) is 33.1 Å². The van der Waals surface area contributed by atoms with Gasteiger partial charge in [-0.05, 0) is 74.2 Å². The van der Waals surface area contributed by atoms with E-state index in [4.69, 9.17) is 14.6 Å². The lowest BCUT2D eigenvalue weighted by atomic mass is 9.98. The summed E-state index contributed by atoms with van der Waals surface area (Å²) in [4.78, 5) is 32.5. The summed E-state index contributed by atoms with van der Waals surface area (Å²) < 4.78 is 25.4. The maximum Gasteiger partial charge on any atom is 0.328 e. The average molecular weight is 616 g/mol. The lowest BCUT2D eigenvalue weighted by molar-refractivity contribution is -0.131. The Morgan fingerprint density at radius 1 is 1.18 bits per heavy atom. The van der Waals surface area contributed by atoms with Gasteiger partial charge in [0.15, 0.2) is 0 Å². The third kappa shape index (κ3) is 8.58. The fourth-order valence-electron chi connectivity index (χ4n) is 5.59. The number of methoxy groups -OCH3 is 2. The molecule has 1 unspecified atom stereocenters. The molecule has 1 amide bonds. The standard InChI is InChI=1S/C34H38FN5O5/c1-23(12-16-37-33(43)32-30(44-2)13-17-38-34(32)45-3)39-18-14-28(15-19-39)40(22-26-20-25(21-36)6-10-29(26)35)27-8-4-24(5-9-27)7-11-31(41)42/h4-11,13,17,20,23,28H,12,14-16,18-19,22H2,1-3H3,(H,37,43)(H,41,42)/b11-7+. The minimum Gasteiger partial charge on any atom is -0.496 e. The van der Waals surface area contributed by atoms with Crippen LogP contribution in [0.1, 0.15) is 53.2 Å². The van der Waals surface area contributed by atoms with Crippen LogP contribution in [-0.2, 0) is 11.3 Å². The monoisotopic (exact) mass is 615 g/mol. The molecule has 45 heavy (non-hydrogen) atoms. The van der Waals surface area contributed by atoms with Gasteiger partial charge >= 0.3 is 5.97 Å². The number of benzene rings is 2. The number of carbonyl (C=O) groups is 2. The summed E-state index contributed by atoms with van der Waals surface area (Å²) in [7, 11) is 2.95. The number of hydrogen-bond donors (Lipinski definition) is 2. The number of anilines is 1. The number of nitrogens with one attached hydrogen (secondary N) is 1. The normalized spacial score (nSPS) is 14.5. The zero-order chi connectivity index (χ0) is 32.3. The highest BCUT2D eigenvalue weighted by Crippen LogP contribution is 2.29. The first-order valence-electron chi connectivity index (χ1n) is 14.8. The highest BCUT2D eigenvalue weighted by molar-refractivity contribution is 5.99. The molecule has 0 saturated carbocycles. The van der Waals surface area contributed by atoms with Crippen molar-refractivity contribution in [2.75, 3.05) is 38.8 Å². The smallest absolute Gasteiger partial charge is 0.328 e. The van der Waals surface area contributed by atoms with E-state index in [0.717, 1.165) is 49.7 Å². The molecule has 0 spiro atoms. The van der Waals surface area contributed by atoms with Crippen LogP contribution in [0, 0.1) is 17.1 Å². The van der Waals surface area contributed by atoms with Gasteiger partial charge in [0.2, 0.25) is 5.88 Å². The third-order valence-corrected chi connectivity index (χ3v) is 8.09. The predicted octanol–water partition coefficient (Wildman–Crippen LogP) is 4.89. The van der Waals surface area contributed by atoms with Gasteiger partial charge in [-0.1, -0.05) is 12.1 Å². The Kier molecular flexibility index (Phi) is 11.5. The third-order valence-electron chi connectivity index (χ3n) is 8.09. The van der Waals surface area contributed by atoms with E-state index in [9.17, 15) is 19.2 Å². The summed E-state index contributed by atoms with van der Waals surface area (Å²) in [6, 6.07) is 15.9. The molecule has 1 aromatic heterocycles. The van der Waals surface area contributed by atoms with Crippen LogP contribution >= 0.6 is 0 Å². The number of piperidine rings is 1. The molecular formula is C34H38FN5O5. The Labute approximate surface area is 262 Å². The molecule has 2 N–H and O–H groups in total. The molecule has 0 bridgehead atoms. The van der Waals surface area contributed by atoms with Crippen LogP contribution in [0.4, 0.5) is 10.1 Å². The number of carboxylic acid groups (broad SMARTS) is 1. The Bertz CT molecular complexity index is 1530. The summed E-state index contributed by atoms with van der Waals surface area (Å²) in [5, 5.41) is 21.3. The quantitative estimate of drug-likeness (QED) is 0.259. The Morgan fingerprint density at radius 3 is 2.56 bits per heavy atom. The number of carboxylic acids is 1. The number of ether oxygens (including phenoxy) is 2. The molecular weight excluding hydrogens is 577 g/mol. The summed E-state index contributed by atoms with van der Waals surface area (Å²) in [6.07, 6.45) is 6.55. The fraction of sp³-hybridized carbons (Fsp3) is 0.353. The second-order valence-electron chi connectivity index (χ2n) is 10.9. The number of aromatic nitrogens is 1. The second kappa shape index (κ2) is 15.7. The van der Waals surface area contributed by atoms with E-state index in [0.29, 0.717) is 30.0 Å². The van der Waals surface area contributed by atoms with Crippen LogP contribution < -0.4 is 19.7 Å². The van der Waals surface area contributed by atoms with Crippen molar-refractivity contribution in [2.45, 2.75) is 44.8 Å². The van der Waals surface area contributed by atoms with E-state index in [1.807, 2.05) is 24.3 Å². The number of halogens is 1. The summed E-state index contributed by atoms with van der Waals surface area (Å²) >= 11 is 0. The molecule has 1 fully saturated rings. The van der Waals surface area contributed by atoms with E-state index in [-0.39, 0.29) is 35.3 Å². The number of nitrogens with zero attached hydrogens (tertiary/aromatic N) is 4. The summed E-state index contributed by atoms with van der Waals surface area (Å²) in [6.45, 7) is 4.53. The van der Waals surface area contributed by atoms with Crippen LogP contribution in [0.2, 0.25) is 0 Å². The maximum atomic E-state index is 14.9. The lowest BCUT2D eigenvalue weighted by Gasteiger charge is -2.42. The van der Waals surface area contributed by atoms with E-state index < -0.39 is 5.97 Å². The molecule has 236 valence electrons. The number of hydrogen-bond acceptors (Lipinski definition) is 8. The number of carbonyl (C=O) groups excluding carboxylic acids is 1. The maximum absolute atomic E-state index is 14.9. The van der Waals surface area contributed by atoms with Crippen LogP contribution in [-0.4, -0.2) is 72.8 Å². The van der Waals surface area contributed by atoms with Gasteiger partial charge in [-0.2, -0.15) is 5.26 Å². The molecule has 4 rings (SSSR count). The van der Waals surface area contributed by atoms with Gasteiger partial charge in [0.25, 0.3) is 5.91 Å². The van der Waals surface area contributed by atoms with Gasteiger partial charge in [-0.15, -0.1) is 0 Å².